The summed E-state index contributed by atoms with van der Waals surface area (Å²) in [7, 11) is 0. The number of likely N-dealkylation sites (tertiary alicyclic amines) is 2. The zero-order chi connectivity index (χ0) is 35.0. The van der Waals surface area contributed by atoms with Crippen LogP contribution in [0.15, 0.2) is 36.4 Å². The molecule has 2 aromatic carbocycles. The average Bonchev–Trinajstić information content (AvgIpc) is 3.12. The van der Waals surface area contributed by atoms with E-state index in [-0.39, 0.29) is 17.9 Å². The van der Waals surface area contributed by atoms with Gasteiger partial charge in [0.2, 0.25) is 0 Å². The Kier molecular flexibility index (Phi) is 13.0. The molecule has 10 nitrogen and oxygen atoms in total. The van der Waals surface area contributed by atoms with Crippen LogP contribution < -0.4 is 15.1 Å². The van der Waals surface area contributed by atoms with Crippen LogP contribution in [-0.4, -0.2) is 117 Å². The number of rotatable bonds is 4. The van der Waals surface area contributed by atoms with Crippen LogP contribution in [0.1, 0.15) is 80.0 Å². The molecular formula is C37H52Cl2N6O4. The van der Waals surface area contributed by atoms with Gasteiger partial charge in [-0.1, -0.05) is 23.2 Å². The van der Waals surface area contributed by atoms with E-state index in [1.807, 2.05) is 54.8 Å². The van der Waals surface area contributed by atoms with Gasteiger partial charge in [-0.2, -0.15) is 0 Å². The monoisotopic (exact) mass is 714 g/mol. The normalized spacial score (nSPS) is 18.8. The lowest BCUT2D eigenvalue weighted by Gasteiger charge is -2.37. The number of anilines is 2. The molecule has 0 unspecified atom stereocenters. The maximum absolute atomic E-state index is 12.8. The van der Waals surface area contributed by atoms with Gasteiger partial charge in [0.05, 0.1) is 21.4 Å². The fourth-order valence-electron chi connectivity index (χ4n) is 6.70. The number of piperazine rings is 2. The SMILES string of the molecule is CC(C)(C)OC(=O)N1CCN(c2cc(C(=O)N3CCCCC3)ccc2Cl)CC1.O=C(c1ccc(Cl)c(N2CCNCC2)c1)N1CCCCC1. The van der Waals surface area contributed by atoms with Gasteiger partial charge >= 0.3 is 6.09 Å². The third-order valence-corrected chi connectivity index (χ3v) is 10.0. The Morgan fingerprint density at radius 1 is 0.592 bits per heavy atom. The summed E-state index contributed by atoms with van der Waals surface area (Å²) in [5.74, 6) is 0.216. The van der Waals surface area contributed by atoms with Crippen molar-refractivity contribution in [3.63, 3.8) is 0 Å². The molecule has 4 aliphatic heterocycles. The first-order chi connectivity index (χ1) is 23.5. The number of nitrogens with zero attached hydrogens (tertiary/aromatic N) is 5. The number of nitrogens with one attached hydrogen (secondary N) is 1. The summed E-state index contributed by atoms with van der Waals surface area (Å²) in [5, 5.41) is 4.69. The van der Waals surface area contributed by atoms with Crippen LogP contribution in [0.25, 0.3) is 0 Å². The summed E-state index contributed by atoms with van der Waals surface area (Å²) < 4.78 is 5.45. The molecule has 49 heavy (non-hydrogen) atoms. The topological polar surface area (TPSA) is 88.7 Å². The van der Waals surface area contributed by atoms with Gasteiger partial charge in [-0.25, -0.2) is 4.79 Å². The third-order valence-electron chi connectivity index (χ3n) is 9.40. The van der Waals surface area contributed by atoms with Gasteiger partial charge in [-0.05, 0) is 95.7 Å². The molecule has 0 aromatic heterocycles. The van der Waals surface area contributed by atoms with Crippen LogP contribution in [-0.2, 0) is 4.74 Å². The molecule has 3 amide bonds. The zero-order valence-corrected chi connectivity index (χ0v) is 30.8. The first kappa shape index (κ1) is 37.1. The second-order valence-corrected chi connectivity index (χ2v) is 15.0. The summed E-state index contributed by atoms with van der Waals surface area (Å²) in [6.07, 6.45) is 6.51. The van der Waals surface area contributed by atoms with E-state index >= 15 is 0 Å². The number of piperidine rings is 2. The minimum Gasteiger partial charge on any atom is -0.444 e. The maximum atomic E-state index is 12.8. The summed E-state index contributed by atoms with van der Waals surface area (Å²) in [4.78, 5) is 47.7. The fourth-order valence-corrected chi connectivity index (χ4v) is 7.17. The highest BCUT2D eigenvalue weighted by Crippen LogP contribution is 2.30. The summed E-state index contributed by atoms with van der Waals surface area (Å²) in [6, 6.07) is 11.2. The predicted molar refractivity (Wildman–Crippen MR) is 198 cm³/mol. The van der Waals surface area contributed by atoms with Crippen molar-refractivity contribution in [2.45, 2.75) is 64.9 Å². The highest BCUT2D eigenvalue weighted by Gasteiger charge is 2.28. The Morgan fingerprint density at radius 2 is 1.02 bits per heavy atom. The zero-order valence-electron chi connectivity index (χ0n) is 29.3. The predicted octanol–water partition coefficient (Wildman–Crippen LogP) is 6.40. The fraction of sp³-hybridized carbons (Fsp3) is 0.595. The molecule has 0 atom stereocenters. The number of carbonyl (C=O) groups is 3. The molecule has 0 aliphatic carbocycles. The Balaban J connectivity index is 0.000000199. The first-order valence-corrected chi connectivity index (χ1v) is 18.6. The second kappa shape index (κ2) is 17.1. The largest absolute Gasteiger partial charge is 0.444 e. The Hall–Kier alpha value is -3.21. The minimum atomic E-state index is -0.499. The van der Waals surface area contributed by atoms with Crippen molar-refractivity contribution in [3.8, 4) is 0 Å². The maximum Gasteiger partial charge on any atom is 0.410 e. The Morgan fingerprint density at radius 3 is 1.45 bits per heavy atom. The van der Waals surface area contributed by atoms with Crippen LogP contribution in [0.2, 0.25) is 10.0 Å². The number of amides is 3. The van der Waals surface area contributed by atoms with Gasteiger partial charge in [0, 0.05) is 89.7 Å². The van der Waals surface area contributed by atoms with Crippen LogP contribution >= 0.6 is 23.2 Å². The molecule has 0 spiro atoms. The molecule has 268 valence electrons. The number of hydrogen-bond donors (Lipinski definition) is 1. The van der Waals surface area contributed by atoms with Crippen molar-refractivity contribution in [1.82, 2.24) is 20.0 Å². The van der Waals surface area contributed by atoms with Gasteiger partial charge in [-0.15, -0.1) is 0 Å². The molecular weight excluding hydrogens is 663 g/mol. The quantitative estimate of drug-likeness (QED) is 0.392. The molecule has 4 aliphatic rings. The van der Waals surface area contributed by atoms with Gasteiger partial charge in [0.25, 0.3) is 11.8 Å². The molecule has 6 rings (SSSR count). The summed E-state index contributed by atoms with van der Waals surface area (Å²) in [6.45, 7) is 15.2. The lowest BCUT2D eigenvalue weighted by atomic mass is 10.1. The second-order valence-electron chi connectivity index (χ2n) is 14.2. The van der Waals surface area contributed by atoms with Gasteiger partial charge in [-0.3, -0.25) is 9.59 Å². The van der Waals surface area contributed by atoms with E-state index < -0.39 is 5.60 Å². The Bertz CT molecular complexity index is 1440. The number of hydrogen-bond acceptors (Lipinski definition) is 7. The molecule has 0 saturated carbocycles. The van der Waals surface area contributed by atoms with Gasteiger partial charge in [0.1, 0.15) is 5.60 Å². The van der Waals surface area contributed by atoms with E-state index in [0.717, 1.165) is 100 Å². The van der Waals surface area contributed by atoms with Crippen molar-refractivity contribution in [2.75, 3.05) is 88.3 Å². The molecule has 4 saturated heterocycles. The molecule has 12 heteroatoms. The van der Waals surface area contributed by atoms with Gasteiger partial charge in [0.15, 0.2) is 0 Å². The van der Waals surface area contributed by atoms with E-state index in [4.69, 9.17) is 27.9 Å². The van der Waals surface area contributed by atoms with Crippen LogP contribution in [0, 0.1) is 0 Å². The van der Waals surface area contributed by atoms with Crippen LogP contribution in [0.5, 0.6) is 0 Å². The molecule has 2 aromatic rings. The van der Waals surface area contributed by atoms with Crippen molar-refractivity contribution >= 4 is 52.5 Å². The highest BCUT2D eigenvalue weighted by molar-refractivity contribution is 6.33. The smallest absolute Gasteiger partial charge is 0.410 e. The molecule has 0 radical (unpaired) electrons. The summed E-state index contributed by atoms with van der Waals surface area (Å²) in [5.41, 5.74) is 2.78. The average molecular weight is 716 g/mol. The van der Waals surface area contributed by atoms with E-state index in [1.54, 1.807) is 17.0 Å². The summed E-state index contributed by atoms with van der Waals surface area (Å²) >= 11 is 12.8. The Labute approximate surface area is 301 Å². The standard InChI is InChI=1S/C21H30ClN3O3.C16H22ClN3O/c1-21(2,3)28-20(27)25-13-11-23(12-14-25)18-15-16(7-8-17(18)22)19(26)24-9-5-4-6-10-24;17-14-5-4-13(16(21)20-8-2-1-3-9-20)12-15(14)19-10-6-18-7-11-19/h7-8,15H,4-6,9-14H2,1-3H3;4-5,12,18H,1-3,6-11H2. The van der Waals surface area contributed by atoms with E-state index in [9.17, 15) is 14.4 Å². The minimum absolute atomic E-state index is 0.0741. The van der Waals surface area contributed by atoms with Crippen LogP contribution in [0.3, 0.4) is 0 Å². The highest BCUT2D eigenvalue weighted by atomic mass is 35.5. The lowest BCUT2D eigenvalue weighted by Crippen LogP contribution is -2.50. The van der Waals surface area contributed by atoms with Gasteiger partial charge < -0.3 is 34.6 Å². The number of benzene rings is 2. The van der Waals surface area contributed by atoms with Crippen LogP contribution in [0.4, 0.5) is 16.2 Å². The van der Waals surface area contributed by atoms with Crippen molar-refractivity contribution in [2.24, 2.45) is 0 Å². The van der Waals surface area contributed by atoms with E-state index in [0.29, 0.717) is 36.8 Å². The lowest BCUT2D eigenvalue weighted by molar-refractivity contribution is 0.0240. The number of halogens is 2. The van der Waals surface area contributed by atoms with Crippen molar-refractivity contribution < 1.29 is 19.1 Å². The molecule has 0 bridgehead atoms. The number of carbonyl (C=O) groups excluding carboxylic acids is 3. The molecule has 4 fully saturated rings. The number of ether oxygens (including phenoxy) is 1. The third kappa shape index (κ3) is 10.2. The van der Waals surface area contributed by atoms with E-state index in [2.05, 4.69) is 15.1 Å². The first-order valence-electron chi connectivity index (χ1n) is 17.9. The van der Waals surface area contributed by atoms with Crippen molar-refractivity contribution in [1.29, 1.82) is 0 Å². The molecule has 4 heterocycles. The molecule has 1 N–H and O–H groups in total. The van der Waals surface area contributed by atoms with E-state index in [1.165, 1.54) is 12.8 Å². The van der Waals surface area contributed by atoms with Crippen molar-refractivity contribution in [3.05, 3.63) is 57.6 Å².